The first-order chi connectivity index (χ1) is 10.2. The van der Waals surface area contributed by atoms with Crippen LogP contribution in [-0.2, 0) is 9.53 Å². The molecule has 7 nitrogen and oxygen atoms in total. The van der Waals surface area contributed by atoms with Gasteiger partial charge in [0, 0.05) is 17.5 Å². The Labute approximate surface area is 128 Å². The van der Waals surface area contributed by atoms with Crippen molar-refractivity contribution in [2.75, 3.05) is 6.61 Å². The highest BCUT2D eigenvalue weighted by atomic mass is 16.6. The fourth-order valence-corrected chi connectivity index (χ4v) is 1.70. The summed E-state index contributed by atoms with van der Waals surface area (Å²) < 4.78 is 10.0. The number of carbonyl (C=O) groups is 2. The molecule has 120 valence electrons. The maximum atomic E-state index is 11.9. The fourth-order valence-electron chi connectivity index (χ4n) is 1.70. The summed E-state index contributed by atoms with van der Waals surface area (Å²) in [5, 5.41) is 11.1. The molecular formula is C15H19NO6. The first-order valence-electron chi connectivity index (χ1n) is 6.87. The highest BCUT2D eigenvalue weighted by Gasteiger charge is 2.21. The first kappa shape index (κ1) is 17.6. The lowest BCUT2D eigenvalue weighted by Gasteiger charge is -2.10. The predicted octanol–water partition coefficient (Wildman–Crippen LogP) is 2.76. The van der Waals surface area contributed by atoms with E-state index in [1.807, 2.05) is 0 Å². The number of hydrogen-bond acceptors (Lipinski definition) is 6. The van der Waals surface area contributed by atoms with Crippen LogP contribution in [-0.4, -0.2) is 29.4 Å². The summed E-state index contributed by atoms with van der Waals surface area (Å²) in [6.07, 6.45) is -0.294. The molecular weight excluding hydrogens is 290 g/mol. The second kappa shape index (κ2) is 7.53. The van der Waals surface area contributed by atoms with E-state index in [1.165, 1.54) is 12.1 Å². The number of nitro benzene ring substituents is 1. The van der Waals surface area contributed by atoms with E-state index in [-0.39, 0.29) is 34.8 Å². The molecule has 0 aliphatic carbocycles. The van der Waals surface area contributed by atoms with Gasteiger partial charge in [-0.25, -0.2) is 4.79 Å². The van der Waals surface area contributed by atoms with Crippen LogP contribution in [0, 0.1) is 16.0 Å². The number of ether oxygens (including phenoxy) is 2. The minimum Gasteiger partial charge on any atom is -0.475 e. The van der Waals surface area contributed by atoms with Gasteiger partial charge >= 0.3 is 11.7 Å². The van der Waals surface area contributed by atoms with E-state index in [0.717, 1.165) is 6.07 Å². The molecule has 0 aromatic heterocycles. The van der Waals surface area contributed by atoms with Gasteiger partial charge in [-0.3, -0.25) is 14.9 Å². The van der Waals surface area contributed by atoms with Crippen LogP contribution >= 0.6 is 0 Å². The number of Topliss-reactive ketones (excluding diaryl/α,β-unsaturated/α-hetero) is 1. The molecule has 0 aliphatic rings. The quantitative estimate of drug-likeness (QED) is 0.332. The average molecular weight is 309 g/mol. The third kappa shape index (κ3) is 4.83. The van der Waals surface area contributed by atoms with Gasteiger partial charge in [0.15, 0.2) is 18.1 Å². The van der Waals surface area contributed by atoms with E-state index in [9.17, 15) is 19.7 Å². The normalized spacial score (nSPS) is 10.6. The van der Waals surface area contributed by atoms with Crippen LogP contribution in [0.4, 0.5) is 5.69 Å². The Morgan fingerprint density at radius 3 is 2.36 bits per heavy atom. The van der Waals surface area contributed by atoms with Crippen LogP contribution in [0.3, 0.4) is 0 Å². The Balaban J connectivity index is 2.94. The SMILES string of the molecule is CC(C)OC(=O)COc1ccc(C(=O)C(C)C)cc1[N+](=O)[O-]. The Kier molecular flexibility index (Phi) is 6.03. The average Bonchev–Trinajstić information content (AvgIpc) is 2.43. The Hall–Kier alpha value is -2.44. The number of nitrogens with zero attached hydrogens (tertiary/aromatic N) is 1. The van der Waals surface area contributed by atoms with Gasteiger partial charge in [0.05, 0.1) is 11.0 Å². The van der Waals surface area contributed by atoms with Crippen molar-refractivity contribution in [1.82, 2.24) is 0 Å². The zero-order chi connectivity index (χ0) is 16.9. The molecule has 1 aromatic rings. The van der Waals surface area contributed by atoms with Gasteiger partial charge in [-0.05, 0) is 26.0 Å². The highest BCUT2D eigenvalue weighted by Crippen LogP contribution is 2.29. The minimum absolute atomic E-state index is 0.0778. The number of benzene rings is 1. The number of nitro groups is 1. The molecule has 0 atom stereocenters. The molecule has 1 rings (SSSR count). The molecule has 0 bridgehead atoms. The van der Waals surface area contributed by atoms with Crippen molar-refractivity contribution in [1.29, 1.82) is 0 Å². The van der Waals surface area contributed by atoms with E-state index < -0.39 is 17.5 Å². The lowest BCUT2D eigenvalue weighted by Crippen LogP contribution is -2.19. The van der Waals surface area contributed by atoms with Crippen LogP contribution in [0.2, 0.25) is 0 Å². The second-order valence-electron chi connectivity index (χ2n) is 5.29. The van der Waals surface area contributed by atoms with Crippen LogP contribution in [0.15, 0.2) is 18.2 Å². The summed E-state index contributed by atoms with van der Waals surface area (Å²) in [6.45, 7) is 6.36. The van der Waals surface area contributed by atoms with Crippen LogP contribution in [0.1, 0.15) is 38.1 Å². The number of hydrogen-bond donors (Lipinski definition) is 0. The summed E-state index contributed by atoms with van der Waals surface area (Å²) >= 11 is 0. The zero-order valence-electron chi connectivity index (χ0n) is 13.0. The van der Waals surface area contributed by atoms with Crippen molar-refractivity contribution in [3.05, 3.63) is 33.9 Å². The highest BCUT2D eigenvalue weighted by molar-refractivity contribution is 5.98. The van der Waals surface area contributed by atoms with E-state index in [4.69, 9.17) is 9.47 Å². The van der Waals surface area contributed by atoms with Crippen molar-refractivity contribution in [3.63, 3.8) is 0 Å². The van der Waals surface area contributed by atoms with Gasteiger partial charge in [-0.2, -0.15) is 0 Å². The molecule has 0 fully saturated rings. The van der Waals surface area contributed by atoms with Gasteiger partial charge in [0.2, 0.25) is 0 Å². The molecule has 0 aliphatic heterocycles. The molecule has 22 heavy (non-hydrogen) atoms. The molecule has 0 unspecified atom stereocenters. The number of ketones is 1. The molecule has 0 saturated heterocycles. The number of carbonyl (C=O) groups excluding carboxylic acids is 2. The van der Waals surface area contributed by atoms with E-state index >= 15 is 0 Å². The maximum absolute atomic E-state index is 11.9. The van der Waals surface area contributed by atoms with Gasteiger partial charge in [0.25, 0.3) is 0 Å². The largest absolute Gasteiger partial charge is 0.475 e. The van der Waals surface area contributed by atoms with E-state index in [0.29, 0.717) is 0 Å². The molecule has 1 aromatic carbocycles. The summed E-state index contributed by atoms with van der Waals surface area (Å²) in [6, 6.07) is 3.92. The summed E-state index contributed by atoms with van der Waals surface area (Å²) in [5.41, 5.74) is -0.123. The van der Waals surface area contributed by atoms with Gasteiger partial charge in [-0.15, -0.1) is 0 Å². The first-order valence-corrected chi connectivity index (χ1v) is 6.87. The minimum atomic E-state index is -0.653. The molecule has 0 spiro atoms. The van der Waals surface area contributed by atoms with Gasteiger partial charge in [0.1, 0.15) is 0 Å². The third-order valence-electron chi connectivity index (χ3n) is 2.68. The maximum Gasteiger partial charge on any atom is 0.344 e. The predicted molar refractivity (Wildman–Crippen MR) is 79.0 cm³/mol. The fraction of sp³-hybridized carbons (Fsp3) is 0.467. The van der Waals surface area contributed by atoms with E-state index in [2.05, 4.69) is 0 Å². The standard InChI is InChI=1S/C15H19NO6/c1-9(2)15(18)11-5-6-13(12(7-11)16(19)20)21-8-14(17)22-10(3)4/h5-7,9-10H,8H2,1-4H3. The van der Waals surface area contributed by atoms with Crippen molar-refractivity contribution in [2.45, 2.75) is 33.8 Å². The topological polar surface area (TPSA) is 95.7 Å². The second-order valence-corrected chi connectivity index (χ2v) is 5.29. The van der Waals surface area contributed by atoms with Crippen molar-refractivity contribution < 1.29 is 24.0 Å². The van der Waals surface area contributed by atoms with Crippen molar-refractivity contribution in [3.8, 4) is 5.75 Å². The number of rotatable bonds is 7. The Morgan fingerprint density at radius 1 is 1.23 bits per heavy atom. The molecule has 0 heterocycles. The molecule has 0 N–H and O–H groups in total. The summed E-state index contributed by atoms with van der Waals surface area (Å²) in [5.74, 6) is -1.17. The van der Waals surface area contributed by atoms with E-state index in [1.54, 1.807) is 27.7 Å². The monoisotopic (exact) mass is 309 g/mol. The van der Waals surface area contributed by atoms with Crippen LogP contribution < -0.4 is 4.74 Å². The Morgan fingerprint density at radius 2 is 1.86 bits per heavy atom. The molecule has 7 heteroatoms. The number of esters is 1. The van der Waals surface area contributed by atoms with Gasteiger partial charge in [-0.1, -0.05) is 13.8 Å². The summed E-state index contributed by atoms with van der Waals surface area (Å²) in [4.78, 5) is 33.7. The lowest BCUT2D eigenvalue weighted by atomic mass is 10.0. The Bertz CT molecular complexity index is 579. The molecule has 0 amide bonds. The molecule has 0 radical (unpaired) electrons. The zero-order valence-corrected chi connectivity index (χ0v) is 13.0. The molecule has 0 saturated carbocycles. The van der Waals surface area contributed by atoms with Crippen molar-refractivity contribution in [2.24, 2.45) is 5.92 Å². The summed E-state index contributed by atoms with van der Waals surface area (Å²) in [7, 11) is 0. The smallest absolute Gasteiger partial charge is 0.344 e. The van der Waals surface area contributed by atoms with Crippen LogP contribution in [0.5, 0.6) is 5.75 Å². The lowest BCUT2D eigenvalue weighted by molar-refractivity contribution is -0.385. The third-order valence-corrected chi connectivity index (χ3v) is 2.68. The van der Waals surface area contributed by atoms with Crippen molar-refractivity contribution >= 4 is 17.4 Å². The van der Waals surface area contributed by atoms with Crippen LogP contribution in [0.25, 0.3) is 0 Å². The van der Waals surface area contributed by atoms with Gasteiger partial charge < -0.3 is 9.47 Å².